The van der Waals surface area contributed by atoms with E-state index in [0.717, 1.165) is 163 Å². The largest absolute Gasteiger partial charge is 0.494 e. The molecule has 1 N–H and O–H groups in total. The third kappa shape index (κ3) is 21.8. The number of hydrogen-bond donors (Lipinski definition) is 1. The van der Waals surface area contributed by atoms with Gasteiger partial charge in [0, 0.05) is 29.2 Å². The zero-order chi connectivity index (χ0) is 57.6. The molecule has 0 saturated heterocycles. The van der Waals surface area contributed by atoms with Crippen LogP contribution in [0, 0.1) is 23.7 Å². The van der Waals surface area contributed by atoms with Crippen molar-refractivity contribution in [3.63, 3.8) is 0 Å². The second kappa shape index (κ2) is 35.1. The highest BCUT2D eigenvalue weighted by atomic mass is 32.2. The number of carbonyl (C=O) groups excluding carboxylic acids is 4. The standard InChI is InChI=1S/C66H85N3O12S/c1-4-7-8-15-40-69(66-68-59-20-13-14-21-61(59)82-66)67-46-53-45-58(78-47-49-22-26-51(27-23-49)64(72)80-56-34-30-54(31-35-56)74-41-16-9-11-18-43-76-62(70)5-2)38-39-60(53)79-48-50-24-28-52(29-25-50)65(73)81-57-36-32-55(33-37-57)75-42-17-10-12-19-44-77-63(71)6-3/h5-6,13-14,20-21,30-39,45-46,49-52,66,68H,2-4,7-12,15-19,22-29,40-44,47-48H2,1H3/b67-46+. The lowest BCUT2D eigenvalue weighted by molar-refractivity contribution is -0.141. The SMILES string of the molecule is C=CC(=O)OCCCCCCOc1ccc(OC(=O)C2CCC(COc3ccc(OCC4CCC(C(=O)Oc5ccc(OCCCCCCOC(=O)C=C)cc5)CC4)c(/C=N/N(CCCCCC)C4Nc5ccccc5S4)c3)CC2)cc1. The van der Waals surface area contributed by atoms with E-state index in [1.165, 1.54) is 23.5 Å². The number of hydrazone groups is 1. The Kier molecular flexibility index (Phi) is 26.9. The Bertz CT molecular complexity index is 2610. The second-order valence-corrected chi connectivity index (χ2v) is 22.5. The molecule has 15 nitrogen and oxygen atoms in total. The quantitative estimate of drug-likeness (QED) is 0.0114. The lowest BCUT2D eigenvalue weighted by atomic mass is 9.82. The molecule has 16 heteroatoms. The Morgan fingerprint density at radius 3 is 1.57 bits per heavy atom. The molecule has 2 fully saturated rings. The molecule has 1 unspecified atom stereocenters. The first kappa shape index (κ1) is 62.7. The number of para-hydroxylation sites is 1. The number of nitrogens with zero attached hydrogens (tertiary/aromatic N) is 2. The van der Waals surface area contributed by atoms with E-state index < -0.39 is 11.9 Å². The molecule has 0 amide bonds. The number of nitrogens with one attached hydrogen (secondary N) is 1. The van der Waals surface area contributed by atoms with Crippen LogP contribution in [-0.2, 0) is 28.7 Å². The van der Waals surface area contributed by atoms with E-state index in [2.05, 4.69) is 54.7 Å². The zero-order valence-corrected chi connectivity index (χ0v) is 48.8. The molecule has 4 aromatic rings. The summed E-state index contributed by atoms with van der Waals surface area (Å²) in [6.07, 6.45) is 22.3. The maximum atomic E-state index is 13.3. The average Bonchev–Trinajstić information content (AvgIpc) is 4.13. The van der Waals surface area contributed by atoms with Crippen LogP contribution in [0.2, 0.25) is 0 Å². The maximum Gasteiger partial charge on any atom is 0.330 e. The number of carbonyl (C=O) groups is 4. The zero-order valence-electron chi connectivity index (χ0n) is 48.0. The Balaban J connectivity index is 0.872. The van der Waals surface area contributed by atoms with Gasteiger partial charge in [0.1, 0.15) is 34.5 Å². The van der Waals surface area contributed by atoms with Crippen LogP contribution in [0.1, 0.15) is 141 Å². The van der Waals surface area contributed by atoms with Crippen LogP contribution >= 0.6 is 11.8 Å². The van der Waals surface area contributed by atoms with Gasteiger partial charge in [-0.3, -0.25) is 14.6 Å². The molecule has 0 bridgehead atoms. The van der Waals surface area contributed by atoms with E-state index in [4.69, 9.17) is 43.0 Å². The number of unbranched alkanes of at least 4 members (excludes halogenated alkanes) is 9. The van der Waals surface area contributed by atoms with Gasteiger partial charge in [-0.25, -0.2) is 9.59 Å². The first-order chi connectivity index (χ1) is 40.2. The molecule has 1 heterocycles. The molecule has 0 radical (unpaired) electrons. The predicted octanol–water partition coefficient (Wildman–Crippen LogP) is 14.3. The van der Waals surface area contributed by atoms with Gasteiger partial charge in [0.15, 0.2) is 5.50 Å². The highest BCUT2D eigenvalue weighted by Gasteiger charge is 2.31. The predicted molar refractivity (Wildman–Crippen MR) is 321 cm³/mol. The van der Waals surface area contributed by atoms with Gasteiger partial charge < -0.3 is 43.2 Å². The van der Waals surface area contributed by atoms with Gasteiger partial charge in [-0.1, -0.05) is 63.2 Å². The molecule has 0 spiro atoms. The summed E-state index contributed by atoms with van der Waals surface area (Å²) in [5, 5.41) is 11.0. The molecule has 0 aromatic heterocycles. The van der Waals surface area contributed by atoms with Crippen LogP contribution in [0.15, 0.2) is 126 Å². The van der Waals surface area contributed by atoms with Crippen LogP contribution in [0.25, 0.3) is 0 Å². The molecule has 2 saturated carbocycles. The van der Waals surface area contributed by atoms with E-state index in [1.54, 1.807) is 36.0 Å². The molecule has 3 aliphatic rings. The van der Waals surface area contributed by atoms with Gasteiger partial charge in [-0.15, -0.1) is 0 Å². The minimum Gasteiger partial charge on any atom is -0.494 e. The Morgan fingerprint density at radius 2 is 1.05 bits per heavy atom. The van der Waals surface area contributed by atoms with Crippen molar-refractivity contribution >= 4 is 47.5 Å². The highest BCUT2D eigenvalue weighted by molar-refractivity contribution is 8.00. The number of hydrogen-bond acceptors (Lipinski definition) is 16. The van der Waals surface area contributed by atoms with Crippen molar-refractivity contribution in [1.82, 2.24) is 5.01 Å². The third-order valence-electron chi connectivity index (χ3n) is 15.1. The van der Waals surface area contributed by atoms with Crippen LogP contribution in [0.3, 0.4) is 0 Å². The van der Waals surface area contributed by atoms with Gasteiger partial charge in [-0.2, -0.15) is 5.10 Å². The highest BCUT2D eigenvalue weighted by Crippen LogP contribution is 2.40. The smallest absolute Gasteiger partial charge is 0.330 e. The van der Waals surface area contributed by atoms with E-state index >= 15 is 0 Å². The minimum absolute atomic E-state index is 0.0510. The van der Waals surface area contributed by atoms with E-state index in [1.807, 2.05) is 48.7 Å². The molecule has 1 aliphatic heterocycles. The van der Waals surface area contributed by atoms with Crippen LogP contribution < -0.4 is 33.7 Å². The molecular formula is C66H85N3O12S. The first-order valence-electron chi connectivity index (χ1n) is 29.9. The number of thioether (sulfide) groups is 1. The topological polar surface area (TPSA) is 170 Å². The Hall–Kier alpha value is -6.94. The lowest BCUT2D eigenvalue weighted by Crippen LogP contribution is -2.33. The summed E-state index contributed by atoms with van der Waals surface area (Å²) in [5.74, 6) is 2.93. The molecular weight excluding hydrogens is 1060 g/mol. The summed E-state index contributed by atoms with van der Waals surface area (Å²) in [6.45, 7) is 12.8. The number of fused-ring (bicyclic) bond motifs is 1. The van der Waals surface area contributed by atoms with Crippen molar-refractivity contribution in [2.24, 2.45) is 28.8 Å². The maximum absolute atomic E-state index is 13.3. The molecule has 1 atom stereocenters. The van der Waals surface area contributed by atoms with E-state index in [-0.39, 0.29) is 35.2 Å². The molecule has 2 aliphatic carbocycles. The van der Waals surface area contributed by atoms with E-state index in [0.29, 0.717) is 57.1 Å². The Morgan fingerprint density at radius 1 is 0.561 bits per heavy atom. The van der Waals surface area contributed by atoms with Crippen LogP contribution in [0.4, 0.5) is 5.69 Å². The number of rotatable bonds is 36. The molecule has 4 aromatic carbocycles. The van der Waals surface area contributed by atoms with Gasteiger partial charge in [-0.05, 0) is 200 Å². The molecule has 442 valence electrons. The Labute approximate surface area is 489 Å². The average molecular weight is 1140 g/mol. The molecule has 7 rings (SSSR count). The third-order valence-corrected chi connectivity index (χ3v) is 16.3. The monoisotopic (exact) mass is 1140 g/mol. The normalized spacial score (nSPS) is 18.3. The fraction of sp³-hybridized carbons (Fsp3) is 0.500. The minimum atomic E-state index is -0.392. The fourth-order valence-electron chi connectivity index (χ4n) is 10.1. The summed E-state index contributed by atoms with van der Waals surface area (Å²) in [5.41, 5.74) is 1.89. The van der Waals surface area contributed by atoms with Crippen molar-refractivity contribution in [3.05, 3.63) is 122 Å². The summed E-state index contributed by atoms with van der Waals surface area (Å²) in [4.78, 5) is 50.1. The summed E-state index contributed by atoms with van der Waals surface area (Å²) in [7, 11) is 0. The fourth-order valence-corrected chi connectivity index (χ4v) is 11.3. The summed E-state index contributed by atoms with van der Waals surface area (Å²) < 4.78 is 46.6. The van der Waals surface area contributed by atoms with Crippen molar-refractivity contribution in [1.29, 1.82) is 0 Å². The summed E-state index contributed by atoms with van der Waals surface area (Å²) >= 11 is 1.77. The second-order valence-electron chi connectivity index (χ2n) is 21.4. The lowest BCUT2D eigenvalue weighted by Gasteiger charge is -2.28. The van der Waals surface area contributed by atoms with Crippen LogP contribution in [0.5, 0.6) is 34.5 Å². The number of benzene rings is 4. The number of anilines is 1. The van der Waals surface area contributed by atoms with Gasteiger partial charge in [0.25, 0.3) is 0 Å². The molecule has 82 heavy (non-hydrogen) atoms. The van der Waals surface area contributed by atoms with Crippen molar-refractivity contribution in [2.45, 2.75) is 146 Å². The van der Waals surface area contributed by atoms with Crippen LogP contribution in [-0.4, -0.2) is 86.8 Å². The first-order valence-corrected chi connectivity index (χ1v) is 30.7. The summed E-state index contributed by atoms with van der Waals surface area (Å²) in [6, 6.07) is 28.8. The number of ether oxygens (including phenoxy) is 8. The van der Waals surface area contributed by atoms with Crippen molar-refractivity contribution in [2.75, 3.05) is 51.5 Å². The van der Waals surface area contributed by atoms with Gasteiger partial charge in [0.05, 0.1) is 63.4 Å². The number of esters is 4. The van der Waals surface area contributed by atoms with Crippen molar-refractivity contribution < 1.29 is 57.1 Å². The van der Waals surface area contributed by atoms with Gasteiger partial charge >= 0.3 is 23.9 Å². The van der Waals surface area contributed by atoms with Gasteiger partial charge in [0.2, 0.25) is 0 Å². The van der Waals surface area contributed by atoms with Crippen molar-refractivity contribution in [3.8, 4) is 34.5 Å². The van der Waals surface area contributed by atoms with E-state index in [9.17, 15) is 19.2 Å².